The molecule has 0 saturated heterocycles. The van der Waals surface area contributed by atoms with E-state index in [9.17, 15) is 4.79 Å². The van der Waals surface area contributed by atoms with Gasteiger partial charge in [0.25, 0.3) is 5.91 Å². The Labute approximate surface area is 138 Å². The molecule has 0 fully saturated rings. The largest absolute Gasteiger partial charge is 0.304 e. The summed E-state index contributed by atoms with van der Waals surface area (Å²) < 4.78 is 3.31. The van der Waals surface area contributed by atoms with Gasteiger partial charge in [0.1, 0.15) is 5.69 Å². The Bertz CT molecular complexity index is 835. The van der Waals surface area contributed by atoms with Crippen LogP contribution in [0, 0.1) is 6.92 Å². The van der Waals surface area contributed by atoms with Crippen LogP contribution in [0.5, 0.6) is 0 Å². The maximum Gasteiger partial charge on any atom is 0.275 e. The van der Waals surface area contributed by atoms with Crippen molar-refractivity contribution in [3.8, 4) is 0 Å². The number of carbonyl (C=O) groups is 1. The van der Waals surface area contributed by atoms with Gasteiger partial charge in [0.15, 0.2) is 5.82 Å². The highest BCUT2D eigenvalue weighted by atomic mass is 35.5. The van der Waals surface area contributed by atoms with Crippen molar-refractivity contribution in [3.63, 3.8) is 0 Å². The highest BCUT2D eigenvalue weighted by Gasteiger charge is 2.13. The number of halogens is 1. The maximum absolute atomic E-state index is 12.2. The molecule has 1 N–H and O–H groups in total. The van der Waals surface area contributed by atoms with Crippen LogP contribution < -0.4 is 5.32 Å². The van der Waals surface area contributed by atoms with Gasteiger partial charge in [-0.2, -0.15) is 10.2 Å². The first kappa shape index (κ1) is 15.3. The fourth-order valence-electron chi connectivity index (χ4n) is 2.30. The summed E-state index contributed by atoms with van der Waals surface area (Å²) in [4.78, 5) is 12.2. The average molecular weight is 330 g/mol. The number of hydrogen-bond acceptors (Lipinski definition) is 3. The molecule has 3 aromatic rings. The van der Waals surface area contributed by atoms with Crippen LogP contribution in [-0.2, 0) is 13.6 Å². The van der Waals surface area contributed by atoms with Crippen LogP contribution in [0.2, 0.25) is 5.02 Å². The molecule has 0 unspecified atom stereocenters. The summed E-state index contributed by atoms with van der Waals surface area (Å²) in [6.45, 7) is 2.45. The van der Waals surface area contributed by atoms with Gasteiger partial charge in [0.05, 0.1) is 12.2 Å². The van der Waals surface area contributed by atoms with Gasteiger partial charge in [-0.3, -0.25) is 14.2 Å². The van der Waals surface area contributed by atoms with E-state index in [0.29, 0.717) is 23.1 Å². The summed E-state index contributed by atoms with van der Waals surface area (Å²) in [5.74, 6) is 0.271. The number of rotatable bonds is 4. The van der Waals surface area contributed by atoms with Crippen LogP contribution in [0.4, 0.5) is 5.82 Å². The van der Waals surface area contributed by atoms with Crippen molar-refractivity contribution >= 4 is 23.3 Å². The molecule has 6 nitrogen and oxygen atoms in total. The lowest BCUT2D eigenvalue weighted by Gasteiger charge is -2.03. The summed E-state index contributed by atoms with van der Waals surface area (Å²) in [6, 6.07) is 11.1. The normalized spacial score (nSPS) is 10.7. The van der Waals surface area contributed by atoms with E-state index in [-0.39, 0.29) is 5.91 Å². The number of anilines is 1. The molecule has 0 spiro atoms. The highest BCUT2D eigenvalue weighted by Crippen LogP contribution is 2.12. The summed E-state index contributed by atoms with van der Waals surface area (Å²) in [6.07, 6.45) is 1.82. The Morgan fingerprint density at radius 3 is 2.61 bits per heavy atom. The van der Waals surface area contributed by atoms with Gasteiger partial charge in [-0.1, -0.05) is 23.7 Å². The van der Waals surface area contributed by atoms with Gasteiger partial charge in [0.2, 0.25) is 0 Å². The van der Waals surface area contributed by atoms with E-state index >= 15 is 0 Å². The van der Waals surface area contributed by atoms with Crippen LogP contribution in [-0.4, -0.2) is 25.5 Å². The zero-order valence-corrected chi connectivity index (χ0v) is 13.6. The molecule has 1 aromatic carbocycles. The second-order valence-corrected chi connectivity index (χ2v) is 5.71. The minimum Gasteiger partial charge on any atom is -0.304 e. The fourth-order valence-corrected chi connectivity index (χ4v) is 2.42. The molecular formula is C16H16ClN5O. The molecular weight excluding hydrogens is 314 g/mol. The van der Waals surface area contributed by atoms with E-state index in [2.05, 4.69) is 15.5 Å². The molecule has 0 saturated carbocycles. The smallest absolute Gasteiger partial charge is 0.275 e. The first-order chi connectivity index (χ1) is 11.0. The van der Waals surface area contributed by atoms with Crippen LogP contribution in [0.3, 0.4) is 0 Å². The van der Waals surface area contributed by atoms with Crippen molar-refractivity contribution in [2.24, 2.45) is 7.05 Å². The SMILES string of the molecule is Cc1cc(C(=O)Nc2ccn(Cc3ccc(Cl)cc3)n2)n(C)n1. The lowest BCUT2D eigenvalue weighted by Crippen LogP contribution is -2.16. The molecule has 7 heteroatoms. The van der Waals surface area contributed by atoms with Gasteiger partial charge in [-0.15, -0.1) is 0 Å². The third-order valence-corrected chi connectivity index (χ3v) is 3.63. The molecule has 1 amide bonds. The molecule has 0 radical (unpaired) electrons. The molecule has 0 aliphatic heterocycles. The Kier molecular flexibility index (Phi) is 4.16. The fraction of sp³-hybridized carbons (Fsp3) is 0.188. The average Bonchev–Trinajstić information content (AvgIpc) is 3.07. The topological polar surface area (TPSA) is 64.7 Å². The molecule has 0 bridgehead atoms. The van der Waals surface area contributed by atoms with E-state index < -0.39 is 0 Å². The molecule has 2 heterocycles. The Hall–Kier alpha value is -2.60. The quantitative estimate of drug-likeness (QED) is 0.800. The van der Waals surface area contributed by atoms with Crippen LogP contribution in [0.15, 0.2) is 42.6 Å². The second kappa shape index (κ2) is 6.26. The molecule has 0 atom stereocenters. The maximum atomic E-state index is 12.2. The standard InChI is InChI=1S/C16H16ClN5O/c1-11-9-14(21(2)19-11)16(23)18-15-7-8-22(20-15)10-12-3-5-13(17)6-4-12/h3-9H,10H2,1-2H3,(H,18,20,23). The minimum atomic E-state index is -0.232. The predicted octanol–water partition coefficient (Wildman–Crippen LogP) is 2.88. The zero-order chi connectivity index (χ0) is 16.4. The monoisotopic (exact) mass is 329 g/mol. The molecule has 0 aliphatic carbocycles. The van der Waals surface area contributed by atoms with Crippen molar-refractivity contribution in [1.29, 1.82) is 0 Å². The van der Waals surface area contributed by atoms with Crippen LogP contribution in [0.1, 0.15) is 21.7 Å². The summed E-state index contributed by atoms with van der Waals surface area (Å²) in [7, 11) is 1.74. The molecule has 2 aromatic heterocycles. The summed E-state index contributed by atoms with van der Waals surface area (Å²) >= 11 is 5.87. The van der Waals surface area contributed by atoms with Crippen molar-refractivity contribution in [2.45, 2.75) is 13.5 Å². The number of aryl methyl sites for hydroxylation is 2. The van der Waals surface area contributed by atoms with Crippen molar-refractivity contribution in [1.82, 2.24) is 19.6 Å². The number of benzene rings is 1. The van der Waals surface area contributed by atoms with Gasteiger partial charge in [0, 0.05) is 24.3 Å². The van der Waals surface area contributed by atoms with Gasteiger partial charge in [-0.25, -0.2) is 0 Å². The number of aromatic nitrogens is 4. The predicted molar refractivity (Wildman–Crippen MR) is 88.7 cm³/mol. The molecule has 3 rings (SSSR count). The van der Waals surface area contributed by atoms with Crippen molar-refractivity contribution in [2.75, 3.05) is 5.32 Å². The molecule has 23 heavy (non-hydrogen) atoms. The number of nitrogens with one attached hydrogen (secondary N) is 1. The number of amides is 1. The highest BCUT2D eigenvalue weighted by molar-refractivity contribution is 6.30. The Morgan fingerprint density at radius 2 is 1.96 bits per heavy atom. The van der Waals surface area contributed by atoms with E-state index in [1.54, 1.807) is 28.5 Å². The van der Waals surface area contributed by atoms with E-state index in [1.807, 2.05) is 37.4 Å². The zero-order valence-electron chi connectivity index (χ0n) is 12.8. The second-order valence-electron chi connectivity index (χ2n) is 5.27. The molecule has 0 aliphatic rings. The van der Waals surface area contributed by atoms with Crippen molar-refractivity contribution in [3.05, 3.63) is 64.6 Å². The number of hydrogen-bond donors (Lipinski definition) is 1. The van der Waals surface area contributed by atoms with Crippen LogP contribution >= 0.6 is 11.6 Å². The first-order valence-corrected chi connectivity index (χ1v) is 7.49. The Balaban J connectivity index is 1.68. The van der Waals surface area contributed by atoms with Gasteiger partial charge >= 0.3 is 0 Å². The van der Waals surface area contributed by atoms with Crippen LogP contribution in [0.25, 0.3) is 0 Å². The lowest BCUT2D eigenvalue weighted by molar-refractivity contribution is 0.101. The first-order valence-electron chi connectivity index (χ1n) is 7.11. The van der Waals surface area contributed by atoms with Gasteiger partial charge < -0.3 is 5.32 Å². The lowest BCUT2D eigenvalue weighted by atomic mass is 10.2. The third kappa shape index (κ3) is 3.60. The van der Waals surface area contributed by atoms with E-state index in [0.717, 1.165) is 11.3 Å². The number of carbonyl (C=O) groups excluding carboxylic acids is 1. The summed E-state index contributed by atoms with van der Waals surface area (Å²) in [5, 5.41) is 12.0. The Morgan fingerprint density at radius 1 is 1.22 bits per heavy atom. The van der Waals surface area contributed by atoms with E-state index in [4.69, 9.17) is 11.6 Å². The van der Waals surface area contributed by atoms with E-state index in [1.165, 1.54) is 0 Å². The minimum absolute atomic E-state index is 0.232. The van der Waals surface area contributed by atoms with Gasteiger partial charge in [-0.05, 0) is 30.7 Å². The summed E-state index contributed by atoms with van der Waals surface area (Å²) in [5.41, 5.74) is 2.37. The third-order valence-electron chi connectivity index (χ3n) is 3.37. The van der Waals surface area contributed by atoms with Crippen molar-refractivity contribution < 1.29 is 4.79 Å². The number of nitrogens with zero attached hydrogens (tertiary/aromatic N) is 4. The molecule has 118 valence electrons.